The van der Waals surface area contributed by atoms with Crippen LogP contribution in [0.15, 0.2) is 55.4 Å². The summed E-state index contributed by atoms with van der Waals surface area (Å²) in [6, 6.07) is 7.44. The molecule has 2 N–H and O–H groups in total. The van der Waals surface area contributed by atoms with Crippen LogP contribution in [-0.4, -0.2) is 83.5 Å². The average molecular weight is 615 g/mol. The van der Waals surface area contributed by atoms with Crippen molar-refractivity contribution in [2.75, 3.05) is 55.9 Å². The SMILES string of the molecule is C=CC(=O)Nc1cc(Nc2nccc(-n3cc(CN(C)C)c4ccc(F)cc43)n2)c(OC(F)C(F)F)nc1N1CCOCC1. The van der Waals surface area contributed by atoms with Crippen LogP contribution in [0.1, 0.15) is 5.56 Å². The van der Waals surface area contributed by atoms with Gasteiger partial charge in [0.2, 0.25) is 17.7 Å². The maximum atomic E-state index is 14.3. The van der Waals surface area contributed by atoms with Crippen molar-refractivity contribution in [1.82, 2.24) is 24.4 Å². The summed E-state index contributed by atoms with van der Waals surface area (Å²) in [6.07, 6.45) is -2.11. The van der Waals surface area contributed by atoms with Gasteiger partial charge < -0.3 is 34.5 Å². The molecule has 11 nitrogen and oxygen atoms in total. The smallest absolute Gasteiger partial charge is 0.304 e. The van der Waals surface area contributed by atoms with Crippen molar-refractivity contribution in [1.29, 1.82) is 0 Å². The highest BCUT2D eigenvalue weighted by atomic mass is 19.3. The van der Waals surface area contributed by atoms with Gasteiger partial charge in [-0.25, -0.2) is 18.2 Å². The zero-order valence-electron chi connectivity index (χ0n) is 23.9. The number of hydrogen-bond acceptors (Lipinski definition) is 9. The Morgan fingerprint density at radius 2 is 1.93 bits per heavy atom. The van der Waals surface area contributed by atoms with Crippen molar-refractivity contribution in [3.05, 3.63) is 66.8 Å². The zero-order valence-corrected chi connectivity index (χ0v) is 23.9. The van der Waals surface area contributed by atoms with Gasteiger partial charge in [0.25, 0.3) is 6.36 Å². The van der Waals surface area contributed by atoms with E-state index in [1.54, 1.807) is 21.6 Å². The second kappa shape index (κ2) is 13.3. The third-order valence-electron chi connectivity index (χ3n) is 6.61. The maximum absolute atomic E-state index is 14.3. The van der Waals surface area contributed by atoms with Crippen LogP contribution < -0.4 is 20.3 Å². The Bertz CT molecular complexity index is 1660. The van der Waals surface area contributed by atoms with E-state index in [2.05, 4.69) is 32.2 Å². The lowest BCUT2D eigenvalue weighted by molar-refractivity contribution is -0.111. The van der Waals surface area contributed by atoms with E-state index in [9.17, 15) is 22.4 Å². The van der Waals surface area contributed by atoms with Crippen LogP contribution in [0, 0.1) is 5.82 Å². The van der Waals surface area contributed by atoms with Crippen molar-refractivity contribution in [2.45, 2.75) is 19.3 Å². The molecule has 232 valence electrons. The van der Waals surface area contributed by atoms with Crippen LogP contribution in [0.5, 0.6) is 5.88 Å². The lowest BCUT2D eigenvalue weighted by Crippen LogP contribution is -2.37. The van der Waals surface area contributed by atoms with Crippen molar-refractivity contribution in [3.8, 4) is 11.7 Å². The number of fused-ring (bicyclic) bond motifs is 1. The minimum absolute atomic E-state index is 0.0332. The predicted octanol–water partition coefficient (Wildman–Crippen LogP) is 4.66. The fourth-order valence-electron chi connectivity index (χ4n) is 4.71. The van der Waals surface area contributed by atoms with Gasteiger partial charge >= 0.3 is 6.43 Å². The second-order valence-electron chi connectivity index (χ2n) is 10.1. The largest absolute Gasteiger partial charge is 0.435 e. The van der Waals surface area contributed by atoms with Crippen LogP contribution in [0.25, 0.3) is 16.7 Å². The van der Waals surface area contributed by atoms with Crippen LogP contribution in [0.2, 0.25) is 0 Å². The fourth-order valence-corrected chi connectivity index (χ4v) is 4.71. The maximum Gasteiger partial charge on any atom is 0.304 e. The van der Waals surface area contributed by atoms with Gasteiger partial charge in [0, 0.05) is 37.4 Å². The minimum Gasteiger partial charge on any atom is -0.435 e. The predicted molar refractivity (Wildman–Crippen MR) is 157 cm³/mol. The molecular weight excluding hydrogens is 584 g/mol. The monoisotopic (exact) mass is 614 g/mol. The van der Waals surface area contributed by atoms with E-state index >= 15 is 0 Å². The summed E-state index contributed by atoms with van der Waals surface area (Å²) in [6.45, 7) is 5.49. The number of alkyl halides is 3. The fraction of sp³-hybridized carbons (Fsp3) is 0.310. The molecule has 5 rings (SSSR count). The van der Waals surface area contributed by atoms with E-state index in [1.807, 2.05) is 25.2 Å². The first-order valence-corrected chi connectivity index (χ1v) is 13.6. The summed E-state index contributed by atoms with van der Waals surface area (Å²) in [5.41, 5.74) is 1.58. The normalized spacial score (nSPS) is 14.2. The summed E-state index contributed by atoms with van der Waals surface area (Å²) in [5.74, 6) is -1.01. The summed E-state index contributed by atoms with van der Waals surface area (Å²) >= 11 is 0. The summed E-state index contributed by atoms with van der Waals surface area (Å²) in [7, 11) is 3.83. The van der Waals surface area contributed by atoms with E-state index in [0.717, 1.165) is 17.0 Å². The standard InChI is InChI=1S/C29H30F4N8O3/c1-4-24(42)35-20-14-21(28(44-26(33)25(31)32)38-27(20)40-9-11-43-12-10-40)36-29-34-8-7-23(37-29)41-16-17(15-39(2)3)19-6-5-18(30)13-22(19)41/h4-8,13-14,16,25-26H,1,9-12,15H2,2-3H3,(H,35,42)(H,34,36,37). The summed E-state index contributed by atoms with van der Waals surface area (Å²) in [4.78, 5) is 29.1. The number of ether oxygens (including phenoxy) is 2. The van der Waals surface area contributed by atoms with Gasteiger partial charge in [0.05, 0.1) is 24.4 Å². The number of nitrogens with zero attached hydrogens (tertiary/aromatic N) is 6. The summed E-state index contributed by atoms with van der Waals surface area (Å²) < 4.78 is 66.9. The number of rotatable bonds is 11. The minimum atomic E-state index is -3.45. The van der Waals surface area contributed by atoms with Gasteiger partial charge in [0.1, 0.15) is 17.3 Å². The lowest BCUT2D eigenvalue weighted by Gasteiger charge is -2.30. The van der Waals surface area contributed by atoms with Crippen LogP contribution in [0.3, 0.4) is 0 Å². The number of halogens is 4. The molecule has 1 atom stereocenters. The molecule has 1 aliphatic rings. The number of carbonyl (C=O) groups excluding carboxylic acids is 1. The van der Waals surface area contributed by atoms with E-state index in [1.165, 1.54) is 24.4 Å². The Labute approximate surface area is 250 Å². The molecule has 1 amide bonds. The molecule has 1 unspecified atom stereocenters. The number of benzene rings is 1. The first-order valence-electron chi connectivity index (χ1n) is 13.6. The Morgan fingerprint density at radius 1 is 1.16 bits per heavy atom. The zero-order chi connectivity index (χ0) is 31.4. The molecule has 1 aliphatic heterocycles. The number of pyridine rings is 1. The van der Waals surface area contributed by atoms with Gasteiger partial charge in [-0.05, 0) is 56.1 Å². The first kappa shape index (κ1) is 30.7. The summed E-state index contributed by atoms with van der Waals surface area (Å²) in [5, 5.41) is 6.32. The quantitative estimate of drug-likeness (QED) is 0.184. The molecule has 0 bridgehead atoms. The molecule has 0 spiro atoms. The molecule has 0 saturated carbocycles. The first-order chi connectivity index (χ1) is 21.1. The average Bonchev–Trinajstić information content (AvgIpc) is 3.35. The molecule has 0 radical (unpaired) electrons. The molecule has 44 heavy (non-hydrogen) atoms. The Balaban J connectivity index is 1.57. The van der Waals surface area contributed by atoms with Crippen molar-refractivity contribution in [3.63, 3.8) is 0 Å². The van der Waals surface area contributed by atoms with Gasteiger partial charge in [-0.15, -0.1) is 0 Å². The van der Waals surface area contributed by atoms with Crippen molar-refractivity contribution in [2.24, 2.45) is 0 Å². The van der Waals surface area contributed by atoms with E-state index in [-0.39, 0.29) is 23.1 Å². The van der Waals surface area contributed by atoms with Crippen molar-refractivity contribution < 1.29 is 31.8 Å². The van der Waals surface area contributed by atoms with E-state index in [0.29, 0.717) is 44.2 Å². The van der Waals surface area contributed by atoms with Crippen LogP contribution >= 0.6 is 0 Å². The van der Waals surface area contributed by atoms with Crippen LogP contribution in [-0.2, 0) is 16.1 Å². The van der Waals surface area contributed by atoms with Crippen LogP contribution in [0.4, 0.5) is 40.7 Å². The van der Waals surface area contributed by atoms with Crippen molar-refractivity contribution >= 4 is 40.0 Å². The van der Waals surface area contributed by atoms with Gasteiger partial charge in [-0.3, -0.25) is 4.79 Å². The highest BCUT2D eigenvalue weighted by Gasteiger charge is 2.27. The number of nitrogens with one attached hydrogen (secondary N) is 2. The molecule has 15 heteroatoms. The number of hydrogen-bond donors (Lipinski definition) is 2. The molecule has 1 aromatic carbocycles. The molecule has 3 aromatic heterocycles. The molecular formula is C29H30F4N8O3. The highest BCUT2D eigenvalue weighted by molar-refractivity contribution is 6.01. The van der Waals surface area contributed by atoms with E-state index in [4.69, 9.17) is 9.47 Å². The number of amides is 1. The third-order valence-corrected chi connectivity index (χ3v) is 6.61. The number of morpholine rings is 1. The number of carbonyl (C=O) groups is 1. The molecule has 4 aromatic rings. The Morgan fingerprint density at radius 3 is 2.64 bits per heavy atom. The third kappa shape index (κ3) is 6.89. The van der Waals surface area contributed by atoms with Gasteiger partial charge in [-0.2, -0.15) is 14.4 Å². The number of aromatic nitrogens is 4. The highest BCUT2D eigenvalue weighted by Crippen LogP contribution is 2.36. The molecule has 4 heterocycles. The Hall–Kier alpha value is -4.76. The topological polar surface area (TPSA) is 110 Å². The molecule has 0 aliphatic carbocycles. The van der Waals surface area contributed by atoms with E-state index < -0.39 is 30.4 Å². The molecule has 1 fully saturated rings. The molecule has 1 saturated heterocycles. The van der Waals surface area contributed by atoms with Gasteiger partial charge in [0.15, 0.2) is 5.82 Å². The lowest BCUT2D eigenvalue weighted by atomic mass is 10.1. The Kier molecular flexibility index (Phi) is 9.25. The van der Waals surface area contributed by atoms with Gasteiger partial charge in [-0.1, -0.05) is 6.58 Å². The number of anilines is 4. The second-order valence-corrected chi connectivity index (χ2v) is 10.1.